The highest BCUT2D eigenvalue weighted by atomic mass is 16.7. The van der Waals surface area contributed by atoms with Gasteiger partial charge in [-0.25, -0.2) is 0 Å². The van der Waals surface area contributed by atoms with Gasteiger partial charge in [0.15, 0.2) is 5.79 Å². The molecule has 0 aromatic heterocycles. The Morgan fingerprint density at radius 3 is 2.86 bits per heavy atom. The Labute approximate surface area is 124 Å². The number of para-hydroxylation sites is 1. The summed E-state index contributed by atoms with van der Waals surface area (Å²) in [6.07, 6.45) is 1.06. The molecular formula is C16H20O5. The lowest BCUT2D eigenvalue weighted by molar-refractivity contribution is -0.291. The molecule has 1 aromatic carbocycles. The van der Waals surface area contributed by atoms with Crippen molar-refractivity contribution in [3.8, 4) is 5.75 Å². The van der Waals surface area contributed by atoms with Gasteiger partial charge in [0.2, 0.25) is 0 Å². The molecule has 0 saturated carbocycles. The van der Waals surface area contributed by atoms with Gasteiger partial charge >= 0.3 is 5.97 Å². The number of benzene rings is 1. The Hall–Kier alpha value is -1.59. The van der Waals surface area contributed by atoms with Crippen LogP contribution in [-0.4, -0.2) is 36.7 Å². The minimum absolute atomic E-state index is 0.193. The number of carbonyl (C=O) groups excluding carboxylic acids is 1. The van der Waals surface area contributed by atoms with Crippen LogP contribution >= 0.6 is 0 Å². The molecule has 114 valence electrons. The fourth-order valence-corrected chi connectivity index (χ4v) is 3.03. The number of hydrogen-bond acceptors (Lipinski definition) is 5. The van der Waals surface area contributed by atoms with Crippen LogP contribution in [0.4, 0.5) is 0 Å². The standard InChI is InChI=1S/C16H20O5/c1-12(17)18-11-16-8-9-19-15(2,21-16)10-14(16)20-13-6-4-3-5-7-13/h3-7,14H,8-11H2,1-2H3/t14-,15+,16-/m1/s1. The lowest BCUT2D eigenvalue weighted by Gasteiger charge is -2.38. The third-order valence-electron chi connectivity index (χ3n) is 4.04. The molecule has 0 N–H and O–H groups in total. The molecular weight excluding hydrogens is 272 g/mol. The molecule has 1 aromatic rings. The highest BCUT2D eigenvalue weighted by Gasteiger charge is 2.59. The summed E-state index contributed by atoms with van der Waals surface area (Å²) in [5.41, 5.74) is -0.630. The van der Waals surface area contributed by atoms with Crippen LogP contribution in [0.25, 0.3) is 0 Å². The van der Waals surface area contributed by atoms with Crippen LogP contribution in [-0.2, 0) is 19.0 Å². The molecule has 0 amide bonds. The molecule has 0 aliphatic carbocycles. The third-order valence-corrected chi connectivity index (χ3v) is 4.04. The quantitative estimate of drug-likeness (QED) is 0.797. The fraction of sp³-hybridized carbons (Fsp3) is 0.562. The molecule has 0 radical (unpaired) electrons. The van der Waals surface area contributed by atoms with E-state index in [1.165, 1.54) is 6.92 Å². The monoisotopic (exact) mass is 292 g/mol. The van der Waals surface area contributed by atoms with Crippen molar-refractivity contribution in [3.05, 3.63) is 30.3 Å². The highest BCUT2D eigenvalue weighted by molar-refractivity contribution is 5.66. The average molecular weight is 292 g/mol. The first-order valence-corrected chi connectivity index (χ1v) is 7.21. The lowest BCUT2D eigenvalue weighted by Crippen LogP contribution is -2.51. The molecule has 2 saturated heterocycles. The van der Waals surface area contributed by atoms with Crippen LogP contribution in [0, 0.1) is 0 Å². The molecule has 21 heavy (non-hydrogen) atoms. The van der Waals surface area contributed by atoms with Gasteiger partial charge in [-0.05, 0) is 19.1 Å². The van der Waals surface area contributed by atoms with Crippen LogP contribution in [0.3, 0.4) is 0 Å². The number of fused-ring (bicyclic) bond motifs is 2. The van der Waals surface area contributed by atoms with Crippen LogP contribution in [0.2, 0.25) is 0 Å². The minimum atomic E-state index is -0.669. The topological polar surface area (TPSA) is 54.0 Å². The van der Waals surface area contributed by atoms with Crippen molar-refractivity contribution in [1.29, 1.82) is 0 Å². The first kappa shape index (κ1) is 14.4. The molecule has 3 rings (SSSR count). The van der Waals surface area contributed by atoms with Crippen LogP contribution in [0.5, 0.6) is 5.75 Å². The van der Waals surface area contributed by atoms with E-state index in [4.69, 9.17) is 18.9 Å². The van der Waals surface area contributed by atoms with Gasteiger partial charge in [0.1, 0.15) is 24.1 Å². The van der Waals surface area contributed by atoms with Crippen molar-refractivity contribution in [2.24, 2.45) is 0 Å². The highest BCUT2D eigenvalue weighted by Crippen LogP contribution is 2.46. The second-order valence-corrected chi connectivity index (χ2v) is 5.80. The molecule has 2 fully saturated rings. The first-order valence-electron chi connectivity index (χ1n) is 7.21. The number of hydrogen-bond donors (Lipinski definition) is 0. The van der Waals surface area contributed by atoms with E-state index in [9.17, 15) is 4.79 Å². The van der Waals surface area contributed by atoms with E-state index in [1.807, 2.05) is 37.3 Å². The summed E-state index contributed by atoms with van der Waals surface area (Å²) in [6, 6.07) is 9.61. The summed E-state index contributed by atoms with van der Waals surface area (Å²) in [7, 11) is 0. The zero-order chi connectivity index (χ0) is 14.9. The van der Waals surface area contributed by atoms with Crippen molar-refractivity contribution in [2.75, 3.05) is 13.2 Å². The molecule has 3 atom stereocenters. The summed E-state index contributed by atoms with van der Waals surface area (Å²) in [5.74, 6) is -0.200. The smallest absolute Gasteiger partial charge is 0.302 e. The molecule has 2 bridgehead atoms. The maximum atomic E-state index is 11.2. The van der Waals surface area contributed by atoms with E-state index in [-0.39, 0.29) is 18.7 Å². The van der Waals surface area contributed by atoms with Crippen molar-refractivity contribution in [2.45, 2.75) is 44.2 Å². The Morgan fingerprint density at radius 1 is 1.38 bits per heavy atom. The van der Waals surface area contributed by atoms with Crippen molar-refractivity contribution >= 4 is 5.97 Å². The number of rotatable bonds is 4. The zero-order valence-corrected chi connectivity index (χ0v) is 12.3. The van der Waals surface area contributed by atoms with E-state index in [0.717, 1.165) is 5.75 Å². The molecule has 5 heteroatoms. The molecule has 2 aliphatic rings. The summed E-state index contributed by atoms with van der Waals surface area (Å²) in [5, 5.41) is 0. The average Bonchev–Trinajstić information content (AvgIpc) is 2.64. The number of carbonyl (C=O) groups is 1. The number of esters is 1. The largest absolute Gasteiger partial charge is 0.487 e. The van der Waals surface area contributed by atoms with Gasteiger partial charge in [-0.1, -0.05) is 18.2 Å². The SMILES string of the molecule is CC(=O)OC[C@]12CCO[C@](C)(C[C@H]1Oc1ccccc1)O2. The van der Waals surface area contributed by atoms with E-state index in [1.54, 1.807) is 0 Å². The van der Waals surface area contributed by atoms with Crippen LogP contribution < -0.4 is 4.74 Å². The van der Waals surface area contributed by atoms with Gasteiger partial charge in [0.05, 0.1) is 6.61 Å². The summed E-state index contributed by atoms with van der Waals surface area (Å²) in [4.78, 5) is 11.2. The Balaban J connectivity index is 1.81. The number of ether oxygens (including phenoxy) is 4. The van der Waals surface area contributed by atoms with Crippen molar-refractivity contribution < 1.29 is 23.7 Å². The molecule has 0 spiro atoms. The normalized spacial score (nSPS) is 34.5. The van der Waals surface area contributed by atoms with Gasteiger partial charge < -0.3 is 18.9 Å². The Kier molecular flexibility index (Phi) is 3.63. The van der Waals surface area contributed by atoms with Gasteiger partial charge in [-0.15, -0.1) is 0 Å². The molecule has 2 aliphatic heterocycles. The van der Waals surface area contributed by atoms with E-state index in [2.05, 4.69) is 0 Å². The first-order chi connectivity index (χ1) is 10.0. The Bertz CT molecular complexity index is 517. The van der Waals surface area contributed by atoms with Gasteiger partial charge in [-0.3, -0.25) is 4.79 Å². The predicted octanol–water partition coefficient (Wildman–Crippen LogP) is 2.29. The predicted molar refractivity (Wildman–Crippen MR) is 74.9 cm³/mol. The summed E-state index contributed by atoms with van der Waals surface area (Å²) in [6.45, 7) is 4.07. The van der Waals surface area contributed by atoms with E-state index < -0.39 is 11.4 Å². The fourth-order valence-electron chi connectivity index (χ4n) is 3.03. The molecule has 2 heterocycles. The maximum absolute atomic E-state index is 11.2. The summed E-state index contributed by atoms with van der Waals surface area (Å²) < 4.78 is 23.1. The van der Waals surface area contributed by atoms with Crippen LogP contribution in [0.15, 0.2) is 30.3 Å². The van der Waals surface area contributed by atoms with Crippen molar-refractivity contribution in [1.82, 2.24) is 0 Å². The van der Waals surface area contributed by atoms with Crippen LogP contribution in [0.1, 0.15) is 26.7 Å². The van der Waals surface area contributed by atoms with Crippen molar-refractivity contribution in [3.63, 3.8) is 0 Å². The van der Waals surface area contributed by atoms with E-state index in [0.29, 0.717) is 19.4 Å². The maximum Gasteiger partial charge on any atom is 0.302 e. The lowest BCUT2D eigenvalue weighted by atomic mass is 9.94. The Morgan fingerprint density at radius 2 is 2.14 bits per heavy atom. The van der Waals surface area contributed by atoms with Gasteiger partial charge in [-0.2, -0.15) is 0 Å². The second kappa shape index (κ2) is 5.31. The van der Waals surface area contributed by atoms with E-state index >= 15 is 0 Å². The summed E-state index contributed by atoms with van der Waals surface area (Å²) >= 11 is 0. The third kappa shape index (κ3) is 2.89. The minimum Gasteiger partial charge on any atom is -0.487 e. The zero-order valence-electron chi connectivity index (χ0n) is 12.3. The van der Waals surface area contributed by atoms with Gasteiger partial charge in [0, 0.05) is 19.8 Å². The van der Waals surface area contributed by atoms with Gasteiger partial charge in [0.25, 0.3) is 0 Å². The second-order valence-electron chi connectivity index (χ2n) is 5.80. The molecule has 0 unspecified atom stereocenters. The molecule has 5 nitrogen and oxygen atoms in total.